The summed E-state index contributed by atoms with van der Waals surface area (Å²) in [5, 5.41) is 7.15. The van der Waals surface area contributed by atoms with Crippen LogP contribution in [0.4, 0.5) is 0 Å². The fourth-order valence-corrected chi connectivity index (χ4v) is 2.94. The molecule has 0 amide bonds. The Bertz CT molecular complexity index is 587. The lowest BCUT2D eigenvalue weighted by atomic mass is 10.0. The number of aromatic nitrogens is 4. The van der Waals surface area contributed by atoms with E-state index in [1.807, 2.05) is 25.4 Å². The molecule has 0 radical (unpaired) electrons. The third kappa shape index (κ3) is 3.29. The van der Waals surface area contributed by atoms with Crippen LogP contribution >= 0.6 is 0 Å². The Hall–Kier alpha value is -1.75. The highest BCUT2D eigenvalue weighted by Crippen LogP contribution is 2.22. The molecule has 2 aromatic rings. The number of hydrogen-bond donors (Lipinski definition) is 1. The maximum Gasteiger partial charge on any atom is 0.112 e. The van der Waals surface area contributed by atoms with E-state index in [1.165, 1.54) is 19.5 Å². The SMILES string of the molecule is Cc1cc(-c2cnc(C[C@H]3CCN(C(C)C)C3)cn2)n[nH]1. The predicted molar refractivity (Wildman–Crippen MR) is 82.9 cm³/mol. The Morgan fingerprint density at radius 3 is 2.71 bits per heavy atom. The maximum absolute atomic E-state index is 4.56. The zero-order valence-corrected chi connectivity index (χ0v) is 13.0. The molecule has 0 unspecified atom stereocenters. The van der Waals surface area contributed by atoms with Crippen molar-refractivity contribution in [2.45, 2.75) is 39.7 Å². The second-order valence-corrected chi connectivity index (χ2v) is 6.28. The molecule has 5 heteroatoms. The van der Waals surface area contributed by atoms with E-state index in [-0.39, 0.29) is 0 Å². The summed E-state index contributed by atoms with van der Waals surface area (Å²) in [7, 11) is 0. The molecular formula is C16H23N5. The summed E-state index contributed by atoms with van der Waals surface area (Å²) >= 11 is 0. The molecule has 1 atom stereocenters. The molecule has 0 bridgehead atoms. The molecule has 5 nitrogen and oxygen atoms in total. The van der Waals surface area contributed by atoms with Crippen molar-refractivity contribution in [1.82, 2.24) is 25.1 Å². The van der Waals surface area contributed by atoms with Crippen molar-refractivity contribution in [2.75, 3.05) is 13.1 Å². The van der Waals surface area contributed by atoms with Crippen LogP contribution in [-0.2, 0) is 6.42 Å². The minimum atomic E-state index is 0.645. The highest BCUT2D eigenvalue weighted by Gasteiger charge is 2.24. The van der Waals surface area contributed by atoms with Gasteiger partial charge in [-0.05, 0) is 52.1 Å². The van der Waals surface area contributed by atoms with Crippen LogP contribution < -0.4 is 0 Å². The quantitative estimate of drug-likeness (QED) is 0.937. The highest BCUT2D eigenvalue weighted by atomic mass is 15.2. The van der Waals surface area contributed by atoms with Gasteiger partial charge in [0.05, 0.1) is 11.9 Å². The molecule has 1 fully saturated rings. The molecule has 3 rings (SSSR count). The third-order valence-electron chi connectivity index (χ3n) is 4.22. The van der Waals surface area contributed by atoms with Crippen molar-refractivity contribution in [3.05, 3.63) is 29.8 Å². The molecule has 2 aromatic heterocycles. The van der Waals surface area contributed by atoms with Crippen molar-refractivity contribution >= 4 is 0 Å². The van der Waals surface area contributed by atoms with E-state index in [0.717, 1.165) is 29.2 Å². The summed E-state index contributed by atoms with van der Waals surface area (Å²) in [5.41, 5.74) is 3.81. The third-order valence-corrected chi connectivity index (χ3v) is 4.22. The molecule has 1 aliphatic rings. The van der Waals surface area contributed by atoms with Gasteiger partial charge in [-0.25, -0.2) is 0 Å². The van der Waals surface area contributed by atoms with Gasteiger partial charge in [0.25, 0.3) is 0 Å². The van der Waals surface area contributed by atoms with Gasteiger partial charge in [-0.15, -0.1) is 0 Å². The lowest BCUT2D eigenvalue weighted by molar-refractivity contribution is 0.264. The van der Waals surface area contributed by atoms with Crippen molar-refractivity contribution in [3.8, 4) is 11.4 Å². The monoisotopic (exact) mass is 285 g/mol. The molecule has 1 aliphatic heterocycles. The van der Waals surface area contributed by atoms with Crippen LogP contribution in [0, 0.1) is 12.8 Å². The Morgan fingerprint density at radius 1 is 1.29 bits per heavy atom. The first-order chi connectivity index (χ1) is 10.1. The van der Waals surface area contributed by atoms with E-state index in [9.17, 15) is 0 Å². The van der Waals surface area contributed by atoms with E-state index in [2.05, 4.69) is 38.9 Å². The van der Waals surface area contributed by atoms with Crippen molar-refractivity contribution in [3.63, 3.8) is 0 Å². The zero-order chi connectivity index (χ0) is 14.8. The van der Waals surface area contributed by atoms with Crippen molar-refractivity contribution in [2.24, 2.45) is 5.92 Å². The van der Waals surface area contributed by atoms with Gasteiger partial charge in [0.2, 0.25) is 0 Å². The predicted octanol–water partition coefficient (Wildman–Crippen LogP) is 2.45. The van der Waals surface area contributed by atoms with Crippen LogP contribution in [0.25, 0.3) is 11.4 Å². The average Bonchev–Trinajstić information content (AvgIpc) is 3.09. The van der Waals surface area contributed by atoms with Gasteiger partial charge < -0.3 is 4.90 Å². The van der Waals surface area contributed by atoms with E-state index >= 15 is 0 Å². The van der Waals surface area contributed by atoms with Crippen molar-refractivity contribution < 1.29 is 0 Å². The number of likely N-dealkylation sites (tertiary alicyclic amines) is 1. The van der Waals surface area contributed by atoms with Crippen molar-refractivity contribution in [1.29, 1.82) is 0 Å². The number of nitrogens with zero attached hydrogens (tertiary/aromatic N) is 4. The minimum Gasteiger partial charge on any atom is -0.301 e. The standard InChI is InChI=1S/C16H23N5/c1-11(2)21-5-4-13(10-21)7-14-8-18-16(9-17-14)15-6-12(3)19-20-15/h6,8-9,11,13H,4-5,7,10H2,1-3H3,(H,19,20)/t13-/m1/s1. The van der Waals surface area contributed by atoms with Crippen LogP contribution in [0.3, 0.4) is 0 Å². The lowest BCUT2D eigenvalue weighted by Gasteiger charge is -2.20. The molecule has 0 spiro atoms. The Morgan fingerprint density at radius 2 is 2.14 bits per heavy atom. The molecule has 3 heterocycles. The fraction of sp³-hybridized carbons (Fsp3) is 0.562. The van der Waals surface area contributed by atoms with Gasteiger partial charge in [-0.1, -0.05) is 0 Å². The molecule has 112 valence electrons. The summed E-state index contributed by atoms with van der Waals surface area (Å²) in [5.74, 6) is 0.708. The molecule has 1 saturated heterocycles. The number of aryl methyl sites for hydroxylation is 1. The first-order valence-corrected chi connectivity index (χ1v) is 7.69. The van der Waals surface area contributed by atoms with Crippen LogP contribution in [0.5, 0.6) is 0 Å². The molecule has 1 N–H and O–H groups in total. The normalized spacial score (nSPS) is 19.5. The summed E-state index contributed by atoms with van der Waals surface area (Å²) in [6.45, 7) is 8.91. The van der Waals surface area contributed by atoms with Gasteiger partial charge in [0.15, 0.2) is 0 Å². The second-order valence-electron chi connectivity index (χ2n) is 6.28. The molecule has 0 aromatic carbocycles. The summed E-state index contributed by atoms with van der Waals surface area (Å²) < 4.78 is 0. The van der Waals surface area contributed by atoms with Crippen LogP contribution in [-0.4, -0.2) is 44.2 Å². The Labute approximate surface area is 125 Å². The van der Waals surface area contributed by atoms with E-state index in [4.69, 9.17) is 0 Å². The number of aromatic amines is 1. The zero-order valence-electron chi connectivity index (χ0n) is 13.0. The van der Waals surface area contributed by atoms with Gasteiger partial charge in [0, 0.05) is 24.5 Å². The minimum absolute atomic E-state index is 0.645. The molecule has 0 aliphatic carbocycles. The van der Waals surface area contributed by atoms with Gasteiger partial charge >= 0.3 is 0 Å². The first-order valence-electron chi connectivity index (χ1n) is 7.69. The molecule has 21 heavy (non-hydrogen) atoms. The van der Waals surface area contributed by atoms with Gasteiger partial charge in [-0.3, -0.25) is 15.1 Å². The summed E-state index contributed by atoms with van der Waals surface area (Å²) in [6, 6.07) is 2.63. The number of H-pyrrole nitrogens is 1. The first kappa shape index (κ1) is 14.2. The van der Waals surface area contributed by atoms with Crippen LogP contribution in [0.1, 0.15) is 31.7 Å². The number of nitrogens with one attached hydrogen (secondary N) is 1. The van der Waals surface area contributed by atoms with E-state index < -0.39 is 0 Å². The molecule has 0 saturated carbocycles. The largest absolute Gasteiger partial charge is 0.301 e. The summed E-state index contributed by atoms with van der Waals surface area (Å²) in [6.07, 6.45) is 6.02. The average molecular weight is 285 g/mol. The topological polar surface area (TPSA) is 57.7 Å². The fourth-order valence-electron chi connectivity index (χ4n) is 2.94. The van der Waals surface area contributed by atoms with E-state index in [0.29, 0.717) is 12.0 Å². The highest BCUT2D eigenvalue weighted by molar-refractivity contribution is 5.52. The number of rotatable bonds is 4. The summed E-state index contributed by atoms with van der Waals surface area (Å²) in [4.78, 5) is 11.6. The molecular weight excluding hydrogens is 262 g/mol. The lowest BCUT2D eigenvalue weighted by Crippen LogP contribution is -2.28. The Balaban J connectivity index is 1.63. The second kappa shape index (κ2) is 5.93. The van der Waals surface area contributed by atoms with Gasteiger partial charge in [0.1, 0.15) is 11.4 Å². The van der Waals surface area contributed by atoms with Gasteiger partial charge in [-0.2, -0.15) is 5.10 Å². The van der Waals surface area contributed by atoms with Crippen LogP contribution in [0.2, 0.25) is 0 Å². The Kier molecular flexibility index (Phi) is 4.01. The van der Waals surface area contributed by atoms with E-state index in [1.54, 1.807) is 0 Å². The van der Waals surface area contributed by atoms with Crippen LogP contribution in [0.15, 0.2) is 18.5 Å². The smallest absolute Gasteiger partial charge is 0.112 e. The number of hydrogen-bond acceptors (Lipinski definition) is 4. The maximum atomic E-state index is 4.56.